The van der Waals surface area contributed by atoms with Crippen molar-refractivity contribution in [2.75, 3.05) is 26.2 Å². The Labute approximate surface area is 78.5 Å². The van der Waals surface area contributed by atoms with Crippen LogP contribution >= 0.6 is 0 Å². The van der Waals surface area contributed by atoms with Crippen LogP contribution in [0.5, 0.6) is 0 Å². The van der Waals surface area contributed by atoms with Gasteiger partial charge in [-0.1, -0.05) is 13.8 Å². The first kappa shape index (κ1) is 12.8. The number of rotatable bonds is 7. The summed E-state index contributed by atoms with van der Waals surface area (Å²) in [6.45, 7) is 3.87. The summed E-state index contributed by atoms with van der Waals surface area (Å²) in [6.07, 6.45) is 1.73. The molecule has 0 atom stereocenters. The predicted molar refractivity (Wildman–Crippen MR) is 49.1 cm³/mol. The van der Waals surface area contributed by atoms with Crippen LogP contribution in [0.4, 0.5) is 8.78 Å². The molecule has 13 heavy (non-hydrogen) atoms. The topological polar surface area (TPSA) is 23.5 Å². The second-order valence-corrected chi connectivity index (χ2v) is 3.29. The Kier molecular flexibility index (Phi) is 6.16. The monoisotopic (exact) mass is 195 g/mol. The van der Waals surface area contributed by atoms with Gasteiger partial charge in [0.1, 0.15) is 6.61 Å². The first-order valence-corrected chi connectivity index (χ1v) is 4.76. The van der Waals surface area contributed by atoms with Crippen molar-refractivity contribution < 1.29 is 13.9 Å². The van der Waals surface area contributed by atoms with Crippen LogP contribution in [0.1, 0.15) is 26.7 Å². The lowest BCUT2D eigenvalue weighted by molar-refractivity contribution is -0.0727. The summed E-state index contributed by atoms with van der Waals surface area (Å²) >= 11 is 0. The number of hydrogen-bond acceptors (Lipinski definition) is 2. The molecule has 0 aromatic heterocycles. The quantitative estimate of drug-likeness (QED) is 0.668. The van der Waals surface area contributed by atoms with Crippen molar-refractivity contribution in [2.24, 2.45) is 0 Å². The number of nitrogens with zero attached hydrogens (tertiary/aromatic N) is 1. The van der Waals surface area contributed by atoms with E-state index in [2.05, 4.69) is 0 Å². The summed E-state index contributed by atoms with van der Waals surface area (Å²) in [5.41, 5.74) is 0. The molecule has 0 aliphatic rings. The molecule has 0 radical (unpaired) electrons. The highest BCUT2D eigenvalue weighted by atomic mass is 19.3. The van der Waals surface area contributed by atoms with Crippen molar-refractivity contribution in [1.29, 1.82) is 0 Å². The van der Waals surface area contributed by atoms with Crippen LogP contribution < -0.4 is 0 Å². The minimum Gasteiger partial charge on any atom is -0.390 e. The second-order valence-electron chi connectivity index (χ2n) is 3.29. The normalized spacial score (nSPS) is 12.5. The SMILES string of the molecule is CCCN(CCC)CC(F)(F)CO. The van der Waals surface area contributed by atoms with E-state index in [1.165, 1.54) is 0 Å². The highest BCUT2D eigenvalue weighted by Crippen LogP contribution is 2.14. The average molecular weight is 195 g/mol. The zero-order chi connectivity index (χ0) is 10.3. The van der Waals surface area contributed by atoms with E-state index in [1.54, 1.807) is 4.90 Å². The molecule has 0 heterocycles. The van der Waals surface area contributed by atoms with Crippen molar-refractivity contribution in [2.45, 2.75) is 32.6 Å². The van der Waals surface area contributed by atoms with Gasteiger partial charge in [0, 0.05) is 0 Å². The zero-order valence-electron chi connectivity index (χ0n) is 8.39. The van der Waals surface area contributed by atoms with Crippen LogP contribution in [0.3, 0.4) is 0 Å². The Morgan fingerprint density at radius 2 is 1.62 bits per heavy atom. The molecular formula is C9H19F2NO. The van der Waals surface area contributed by atoms with Gasteiger partial charge in [-0.2, -0.15) is 0 Å². The van der Waals surface area contributed by atoms with E-state index < -0.39 is 12.5 Å². The third-order valence-corrected chi connectivity index (χ3v) is 1.77. The number of halogens is 2. The molecule has 80 valence electrons. The van der Waals surface area contributed by atoms with Gasteiger partial charge in [-0.05, 0) is 25.9 Å². The minimum absolute atomic E-state index is 0.328. The van der Waals surface area contributed by atoms with Gasteiger partial charge in [-0.15, -0.1) is 0 Å². The Balaban J connectivity index is 3.92. The molecule has 0 bridgehead atoms. The summed E-state index contributed by atoms with van der Waals surface area (Å²) < 4.78 is 25.5. The first-order chi connectivity index (χ1) is 6.05. The lowest BCUT2D eigenvalue weighted by Gasteiger charge is -2.25. The van der Waals surface area contributed by atoms with Crippen molar-refractivity contribution in [3.63, 3.8) is 0 Å². The number of alkyl halides is 2. The van der Waals surface area contributed by atoms with Gasteiger partial charge < -0.3 is 5.11 Å². The Morgan fingerprint density at radius 1 is 1.15 bits per heavy atom. The van der Waals surface area contributed by atoms with Gasteiger partial charge in [-0.25, -0.2) is 8.78 Å². The largest absolute Gasteiger partial charge is 0.390 e. The third kappa shape index (κ3) is 5.93. The smallest absolute Gasteiger partial charge is 0.283 e. The summed E-state index contributed by atoms with van der Waals surface area (Å²) in [5, 5.41) is 8.40. The second kappa shape index (κ2) is 6.27. The first-order valence-electron chi connectivity index (χ1n) is 4.76. The van der Waals surface area contributed by atoms with Crippen molar-refractivity contribution in [1.82, 2.24) is 4.90 Å². The van der Waals surface area contributed by atoms with Crippen LogP contribution in [-0.4, -0.2) is 42.2 Å². The maximum Gasteiger partial charge on any atom is 0.283 e. The third-order valence-electron chi connectivity index (χ3n) is 1.77. The maximum atomic E-state index is 12.8. The van der Waals surface area contributed by atoms with Gasteiger partial charge in [0.05, 0.1) is 6.54 Å². The van der Waals surface area contributed by atoms with Crippen LogP contribution in [0.15, 0.2) is 0 Å². The minimum atomic E-state index is -2.95. The molecule has 4 heteroatoms. The molecule has 0 aromatic carbocycles. The molecular weight excluding hydrogens is 176 g/mol. The molecule has 0 rings (SSSR count). The van der Waals surface area contributed by atoms with Gasteiger partial charge >= 0.3 is 0 Å². The van der Waals surface area contributed by atoms with Gasteiger partial charge in [0.25, 0.3) is 5.92 Å². The fourth-order valence-electron chi connectivity index (χ4n) is 1.28. The summed E-state index contributed by atoms with van der Waals surface area (Å²) in [4.78, 5) is 1.69. The lowest BCUT2D eigenvalue weighted by Crippen LogP contribution is -2.40. The summed E-state index contributed by atoms with van der Waals surface area (Å²) in [7, 11) is 0. The van der Waals surface area contributed by atoms with Crippen molar-refractivity contribution in [3.05, 3.63) is 0 Å². The Bertz CT molecular complexity index is 125. The van der Waals surface area contributed by atoms with E-state index in [1.807, 2.05) is 13.8 Å². The van der Waals surface area contributed by atoms with Gasteiger partial charge in [0.15, 0.2) is 0 Å². The van der Waals surface area contributed by atoms with Crippen molar-refractivity contribution in [3.8, 4) is 0 Å². The molecule has 0 aromatic rings. The molecule has 1 N–H and O–H groups in total. The fourth-order valence-corrected chi connectivity index (χ4v) is 1.28. The number of hydrogen-bond donors (Lipinski definition) is 1. The van der Waals surface area contributed by atoms with E-state index >= 15 is 0 Å². The van der Waals surface area contributed by atoms with E-state index in [-0.39, 0.29) is 6.54 Å². The fraction of sp³-hybridized carbons (Fsp3) is 1.00. The van der Waals surface area contributed by atoms with Crippen LogP contribution in [0.2, 0.25) is 0 Å². The zero-order valence-corrected chi connectivity index (χ0v) is 8.39. The lowest BCUT2D eigenvalue weighted by atomic mass is 10.3. The number of aliphatic hydroxyl groups is 1. The Morgan fingerprint density at radius 3 is 1.92 bits per heavy atom. The average Bonchev–Trinajstić information content (AvgIpc) is 2.05. The highest BCUT2D eigenvalue weighted by molar-refractivity contribution is 4.70. The van der Waals surface area contributed by atoms with Crippen molar-refractivity contribution >= 4 is 0 Å². The van der Waals surface area contributed by atoms with Crippen LogP contribution in [-0.2, 0) is 0 Å². The molecule has 0 spiro atoms. The van der Waals surface area contributed by atoms with E-state index in [0.717, 1.165) is 12.8 Å². The maximum absolute atomic E-state index is 12.8. The number of aliphatic hydroxyl groups excluding tert-OH is 1. The van der Waals surface area contributed by atoms with Gasteiger partial charge in [-0.3, -0.25) is 4.90 Å². The molecule has 0 aliphatic carbocycles. The van der Waals surface area contributed by atoms with E-state index in [4.69, 9.17) is 5.11 Å². The predicted octanol–water partition coefficient (Wildman–Crippen LogP) is 1.74. The molecule has 0 saturated heterocycles. The molecule has 0 amide bonds. The standard InChI is InChI=1S/C9H19F2NO/c1-3-5-12(6-4-2)7-9(10,11)8-13/h13H,3-8H2,1-2H3. The van der Waals surface area contributed by atoms with E-state index in [9.17, 15) is 8.78 Å². The molecule has 0 aliphatic heterocycles. The summed E-state index contributed by atoms with van der Waals surface area (Å²) in [6, 6.07) is 0. The Hall–Kier alpha value is -0.220. The van der Waals surface area contributed by atoms with Crippen LogP contribution in [0, 0.1) is 0 Å². The molecule has 0 saturated carbocycles. The molecule has 0 unspecified atom stereocenters. The highest BCUT2D eigenvalue weighted by Gasteiger charge is 2.29. The van der Waals surface area contributed by atoms with Crippen LogP contribution in [0.25, 0.3) is 0 Å². The van der Waals surface area contributed by atoms with Gasteiger partial charge in [0.2, 0.25) is 0 Å². The molecule has 2 nitrogen and oxygen atoms in total. The summed E-state index contributed by atoms with van der Waals surface area (Å²) in [5.74, 6) is -2.95. The molecule has 0 fully saturated rings. The van der Waals surface area contributed by atoms with E-state index in [0.29, 0.717) is 13.1 Å².